The van der Waals surface area contributed by atoms with Crippen LogP contribution in [0.2, 0.25) is 0 Å². The normalized spacial score (nSPS) is 17.5. The SMILES string of the molecule is COCCNC(=O)c1sc2ncccc2c1[C@@H]1CCN(Cc2cn[nH]c2C(C)(C)C)C1. The first-order valence-electron chi connectivity index (χ1n) is 10.8. The number of pyridine rings is 1. The summed E-state index contributed by atoms with van der Waals surface area (Å²) in [5, 5.41) is 11.6. The molecule has 1 atom stereocenters. The van der Waals surface area contributed by atoms with Crippen LogP contribution >= 0.6 is 11.3 Å². The van der Waals surface area contributed by atoms with Crippen molar-refractivity contribution in [3.63, 3.8) is 0 Å². The van der Waals surface area contributed by atoms with E-state index in [1.165, 1.54) is 22.6 Å². The van der Waals surface area contributed by atoms with Gasteiger partial charge in [-0.25, -0.2) is 4.98 Å². The molecule has 1 fully saturated rings. The van der Waals surface area contributed by atoms with Gasteiger partial charge in [0.15, 0.2) is 0 Å². The third-order valence-corrected chi connectivity index (χ3v) is 6.97. The van der Waals surface area contributed by atoms with Crippen molar-refractivity contribution in [1.82, 2.24) is 25.4 Å². The van der Waals surface area contributed by atoms with Gasteiger partial charge in [0.25, 0.3) is 5.91 Å². The summed E-state index contributed by atoms with van der Waals surface area (Å²) < 4.78 is 5.08. The highest BCUT2D eigenvalue weighted by atomic mass is 32.1. The number of carbonyl (C=O) groups excluding carboxylic acids is 1. The minimum absolute atomic E-state index is 0.0293. The van der Waals surface area contributed by atoms with Crippen LogP contribution in [0.4, 0.5) is 0 Å². The average Bonchev–Trinajstić information content (AvgIpc) is 3.45. The first-order valence-corrected chi connectivity index (χ1v) is 11.6. The van der Waals surface area contributed by atoms with Crippen molar-refractivity contribution in [2.45, 2.75) is 45.1 Å². The Morgan fingerprint density at radius 2 is 2.26 bits per heavy atom. The van der Waals surface area contributed by atoms with E-state index in [4.69, 9.17) is 4.74 Å². The third kappa shape index (κ3) is 4.66. The number of amides is 1. The van der Waals surface area contributed by atoms with Gasteiger partial charge in [-0.05, 0) is 24.6 Å². The zero-order valence-corrected chi connectivity index (χ0v) is 19.5. The Morgan fingerprint density at radius 1 is 1.42 bits per heavy atom. The largest absolute Gasteiger partial charge is 0.383 e. The number of methoxy groups -OCH3 is 1. The molecule has 1 saturated heterocycles. The van der Waals surface area contributed by atoms with Crippen LogP contribution in [0, 0.1) is 0 Å². The van der Waals surface area contributed by atoms with Crippen molar-refractivity contribution in [3.8, 4) is 0 Å². The summed E-state index contributed by atoms with van der Waals surface area (Å²) >= 11 is 1.49. The smallest absolute Gasteiger partial charge is 0.261 e. The highest BCUT2D eigenvalue weighted by Crippen LogP contribution is 2.40. The number of carbonyl (C=O) groups is 1. The fourth-order valence-electron chi connectivity index (χ4n) is 4.41. The number of aromatic nitrogens is 3. The molecule has 4 heterocycles. The molecule has 0 aromatic carbocycles. The van der Waals surface area contributed by atoms with Gasteiger partial charge in [0.05, 0.1) is 17.7 Å². The van der Waals surface area contributed by atoms with Crippen molar-refractivity contribution < 1.29 is 9.53 Å². The van der Waals surface area contributed by atoms with E-state index in [0.717, 1.165) is 46.7 Å². The van der Waals surface area contributed by atoms with Gasteiger partial charge < -0.3 is 10.1 Å². The number of H-pyrrole nitrogens is 1. The lowest BCUT2D eigenvalue weighted by Crippen LogP contribution is -2.27. The topological polar surface area (TPSA) is 83.1 Å². The monoisotopic (exact) mass is 441 g/mol. The fourth-order valence-corrected chi connectivity index (χ4v) is 5.55. The molecule has 3 aromatic rings. The van der Waals surface area contributed by atoms with Gasteiger partial charge in [0.1, 0.15) is 4.83 Å². The Hall–Kier alpha value is -2.29. The van der Waals surface area contributed by atoms with Gasteiger partial charge in [-0.1, -0.05) is 26.8 Å². The van der Waals surface area contributed by atoms with Crippen molar-refractivity contribution in [1.29, 1.82) is 0 Å². The van der Waals surface area contributed by atoms with Crippen LogP contribution in [0.1, 0.15) is 59.6 Å². The number of aromatic amines is 1. The number of rotatable bonds is 7. The number of ether oxygens (including phenoxy) is 1. The molecular formula is C23H31N5O2S. The van der Waals surface area contributed by atoms with Gasteiger partial charge in [-0.2, -0.15) is 5.10 Å². The second-order valence-corrected chi connectivity index (χ2v) is 10.2. The van der Waals surface area contributed by atoms with E-state index in [9.17, 15) is 4.79 Å². The molecule has 166 valence electrons. The van der Waals surface area contributed by atoms with Crippen LogP contribution in [0.25, 0.3) is 10.2 Å². The lowest BCUT2D eigenvalue weighted by molar-refractivity contribution is 0.0940. The number of nitrogens with one attached hydrogen (secondary N) is 2. The Labute approximate surface area is 187 Å². The minimum Gasteiger partial charge on any atom is -0.383 e. The maximum Gasteiger partial charge on any atom is 0.261 e. The molecule has 3 aromatic heterocycles. The van der Waals surface area contributed by atoms with E-state index in [-0.39, 0.29) is 11.3 Å². The molecule has 0 spiro atoms. The van der Waals surface area contributed by atoms with Crippen molar-refractivity contribution in [3.05, 3.63) is 46.2 Å². The van der Waals surface area contributed by atoms with E-state index >= 15 is 0 Å². The van der Waals surface area contributed by atoms with Crippen molar-refractivity contribution >= 4 is 27.5 Å². The molecule has 1 aliphatic heterocycles. The van der Waals surface area contributed by atoms with E-state index < -0.39 is 0 Å². The fraction of sp³-hybridized carbons (Fsp3) is 0.522. The molecule has 2 N–H and O–H groups in total. The first-order chi connectivity index (χ1) is 14.9. The van der Waals surface area contributed by atoms with Crippen LogP contribution in [0.3, 0.4) is 0 Å². The number of thiophene rings is 1. The van der Waals surface area contributed by atoms with Crippen LogP contribution in [-0.4, -0.2) is 59.3 Å². The Balaban J connectivity index is 1.56. The summed E-state index contributed by atoms with van der Waals surface area (Å²) in [5.41, 5.74) is 3.63. The van der Waals surface area contributed by atoms with Crippen molar-refractivity contribution in [2.75, 3.05) is 33.4 Å². The summed E-state index contributed by atoms with van der Waals surface area (Å²) in [7, 11) is 1.64. The van der Waals surface area contributed by atoms with Gasteiger partial charge >= 0.3 is 0 Å². The van der Waals surface area contributed by atoms with E-state index in [1.54, 1.807) is 13.3 Å². The van der Waals surface area contributed by atoms with Crippen LogP contribution in [0.15, 0.2) is 24.5 Å². The molecule has 0 saturated carbocycles. The maximum atomic E-state index is 12.9. The molecule has 4 rings (SSSR count). The molecule has 1 aliphatic rings. The minimum atomic E-state index is -0.0293. The number of hydrogen-bond acceptors (Lipinski definition) is 6. The van der Waals surface area contributed by atoms with Crippen LogP contribution in [0.5, 0.6) is 0 Å². The highest BCUT2D eigenvalue weighted by molar-refractivity contribution is 7.20. The Kier molecular flexibility index (Phi) is 6.41. The molecule has 0 aliphatic carbocycles. The molecular weight excluding hydrogens is 410 g/mol. The molecule has 0 radical (unpaired) electrons. The molecule has 8 heteroatoms. The first kappa shape index (κ1) is 21.9. The number of hydrogen-bond donors (Lipinski definition) is 2. The van der Waals surface area contributed by atoms with E-state index in [1.807, 2.05) is 12.3 Å². The maximum absolute atomic E-state index is 12.9. The molecule has 1 amide bonds. The average molecular weight is 442 g/mol. The van der Waals surface area contributed by atoms with E-state index in [2.05, 4.69) is 52.2 Å². The summed E-state index contributed by atoms with van der Waals surface area (Å²) in [4.78, 5) is 21.7. The molecule has 31 heavy (non-hydrogen) atoms. The number of likely N-dealkylation sites (tertiary alicyclic amines) is 1. The molecule has 0 bridgehead atoms. The zero-order chi connectivity index (χ0) is 22.0. The van der Waals surface area contributed by atoms with Gasteiger partial charge in [0, 0.05) is 60.9 Å². The second-order valence-electron chi connectivity index (χ2n) is 9.19. The lowest BCUT2D eigenvalue weighted by atomic mass is 9.89. The highest BCUT2D eigenvalue weighted by Gasteiger charge is 2.32. The lowest BCUT2D eigenvalue weighted by Gasteiger charge is -2.21. The predicted molar refractivity (Wildman–Crippen MR) is 124 cm³/mol. The quantitative estimate of drug-likeness (QED) is 0.547. The van der Waals surface area contributed by atoms with Crippen LogP contribution < -0.4 is 5.32 Å². The molecule has 7 nitrogen and oxygen atoms in total. The van der Waals surface area contributed by atoms with Gasteiger partial charge in [-0.3, -0.25) is 14.8 Å². The van der Waals surface area contributed by atoms with Gasteiger partial charge in [0.2, 0.25) is 0 Å². The summed E-state index contributed by atoms with van der Waals surface area (Å²) in [6.07, 6.45) is 4.78. The standard InChI is InChI=1S/C23H31N5O2S/c1-23(2,3)20-16(12-26-27-20)14-28-10-7-15(13-28)18-17-6-5-8-25-22(17)31-19(18)21(29)24-9-11-30-4/h5-6,8,12,15H,7,9-11,13-14H2,1-4H3,(H,24,29)(H,26,27)/t15-/m1/s1. The zero-order valence-electron chi connectivity index (χ0n) is 18.7. The predicted octanol–water partition coefficient (Wildman–Crippen LogP) is 3.68. The molecule has 0 unspecified atom stereocenters. The van der Waals surface area contributed by atoms with Gasteiger partial charge in [-0.15, -0.1) is 11.3 Å². The van der Waals surface area contributed by atoms with Crippen LogP contribution in [-0.2, 0) is 16.7 Å². The number of fused-ring (bicyclic) bond motifs is 1. The van der Waals surface area contributed by atoms with E-state index in [0.29, 0.717) is 19.1 Å². The second kappa shape index (κ2) is 9.06. The summed E-state index contributed by atoms with van der Waals surface area (Å²) in [5.74, 6) is 0.282. The Bertz CT molecular complexity index is 1050. The summed E-state index contributed by atoms with van der Waals surface area (Å²) in [6, 6.07) is 4.05. The third-order valence-electron chi connectivity index (χ3n) is 5.85. The Morgan fingerprint density at radius 3 is 3.03 bits per heavy atom. The van der Waals surface area contributed by atoms with Crippen molar-refractivity contribution in [2.24, 2.45) is 0 Å². The number of nitrogens with zero attached hydrogens (tertiary/aromatic N) is 3. The summed E-state index contributed by atoms with van der Waals surface area (Å²) in [6.45, 7) is 10.4.